The van der Waals surface area contributed by atoms with Crippen LogP contribution < -0.4 is 0 Å². The normalized spacial score (nSPS) is 38.2. The molecule has 1 unspecified atom stereocenters. The highest BCUT2D eigenvalue weighted by Crippen LogP contribution is 2.46. The minimum absolute atomic E-state index is 0.390. The molecule has 0 amide bonds. The lowest BCUT2D eigenvalue weighted by molar-refractivity contribution is -0.126. The van der Waals surface area contributed by atoms with Crippen molar-refractivity contribution < 1.29 is 4.79 Å². The van der Waals surface area contributed by atoms with Crippen molar-refractivity contribution in [3.05, 3.63) is 0 Å². The Hall–Kier alpha value is -0.370. The van der Waals surface area contributed by atoms with Crippen LogP contribution in [0.15, 0.2) is 0 Å². The summed E-state index contributed by atoms with van der Waals surface area (Å²) in [6, 6.07) is 0.760. The van der Waals surface area contributed by atoms with E-state index in [0.717, 1.165) is 18.5 Å². The van der Waals surface area contributed by atoms with E-state index < -0.39 is 0 Å². The first-order valence-corrected chi connectivity index (χ1v) is 7.49. The summed E-state index contributed by atoms with van der Waals surface area (Å²) in [5.74, 6) is 2.17. The highest BCUT2D eigenvalue weighted by molar-refractivity contribution is 5.87. The Labute approximate surface area is 105 Å². The van der Waals surface area contributed by atoms with E-state index >= 15 is 0 Å². The lowest BCUT2D eigenvalue weighted by Crippen LogP contribution is -2.40. The van der Waals surface area contributed by atoms with E-state index in [0.29, 0.717) is 17.6 Å². The van der Waals surface area contributed by atoms with E-state index in [9.17, 15) is 4.79 Å². The zero-order valence-corrected chi connectivity index (χ0v) is 11.0. The van der Waals surface area contributed by atoms with E-state index in [2.05, 4.69) is 11.9 Å². The molecule has 3 saturated carbocycles. The molecule has 0 radical (unpaired) electrons. The number of hydrogen-bond acceptors (Lipinski definition) is 2. The predicted octanol–water partition coefficient (Wildman–Crippen LogP) is 2.87. The molecule has 0 saturated heterocycles. The number of hydrogen-bond donors (Lipinski definition) is 0. The Morgan fingerprint density at radius 1 is 1.12 bits per heavy atom. The number of carbonyl (C=O) groups is 1. The number of ketones is 1. The van der Waals surface area contributed by atoms with Gasteiger partial charge in [-0.1, -0.05) is 19.3 Å². The zero-order valence-electron chi connectivity index (χ0n) is 11.0. The molecule has 0 aliphatic heterocycles. The van der Waals surface area contributed by atoms with Crippen LogP contribution >= 0.6 is 0 Å². The smallest absolute Gasteiger partial charge is 0.140 e. The number of nitrogens with zero attached hydrogens (tertiary/aromatic N) is 1. The van der Waals surface area contributed by atoms with Gasteiger partial charge in [-0.3, -0.25) is 4.79 Å². The van der Waals surface area contributed by atoms with Crippen LogP contribution in [0, 0.1) is 17.8 Å². The van der Waals surface area contributed by atoms with Crippen molar-refractivity contribution >= 4 is 5.78 Å². The lowest BCUT2D eigenvalue weighted by Gasteiger charge is -2.34. The van der Waals surface area contributed by atoms with Gasteiger partial charge in [-0.25, -0.2) is 0 Å². The van der Waals surface area contributed by atoms with Gasteiger partial charge >= 0.3 is 0 Å². The first kappa shape index (κ1) is 11.7. The molecular formula is C15H25NO. The molecule has 0 N–H and O–H groups in total. The van der Waals surface area contributed by atoms with Gasteiger partial charge in [-0.05, 0) is 45.1 Å². The Morgan fingerprint density at radius 3 is 2.53 bits per heavy atom. The molecule has 0 aromatic heterocycles. The third kappa shape index (κ3) is 2.16. The SMILES string of the molecule is CN(C[C@@H]1C(=O)[C@@H]2CCC1C2)C1CCCCC1. The van der Waals surface area contributed by atoms with Gasteiger partial charge in [-0.15, -0.1) is 0 Å². The van der Waals surface area contributed by atoms with Gasteiger partial charge < -0.3 is 4.90 Å². The van der Waals surface area contributed by atoms with Crippen LogP contribution in [0.5, 0.6) is 0 Å². The Bertz CT molecular complexity index is 295. The minimum atomic E-state index is 0.390. The summed E-state index contributed by atoms with van der Waals surface area (Å²) in [6.07, 6.45) is 10.6. The first-order chi connectivity index (χ1) is 8.25. The van der Waals surface area contributed by atoms with E-state index in [1.807, 2.05) is 0 Å². The fourth-order valence-electron chi connectivity index (χ4n) is 4.40. The van der Waals surface area contributed by atoms with Crippen molar-refractivity contribution in [1.82, 2.24) is 4.90 Å². The summed E-state index contributed by atoms with van der Waals surface area (Å²) in [6.45, 7) is 1.05. The fraction of sp³-hybridized carbons (Fsp3) is 0.933. The summed E-state index contributed by atoms with van der Waals surface area (Å²) in [7, 11) is 2.25. The van der Waals surface area contributed by atoms with Crippen molar-refractivity contribution in [2.75, 3.05) is 13.6 Å². The van der Waals surface area contributed by atoms with Gasteiger partial charge in [0.15, 0.2) is 0 Å². The Balaban J connectivity index is 1.57. The van der Waals surface area contributed by atoms with Crippen molar-refractivity contribution in [2.45, 2.75) is 57.4 Å². The molecule has 3 atom stereocenters. The molecule has 0 aromatic rings. The molecular weight excluding hydrogens is 210 g/mol. The molecule has 3 rings (SSSR count). The topological polar surface area (TPSA) is 20.3 Å². The van der Waals surface area contributed by atoms with E-state index in [4.69, 9.17) is 0 Å². The number of rotatable bonds is 3. The van der Waals surface area contributed by atoms with Crippen LogP contribution in [-0.4, -0.2) is 30.3 Å². The van der Waals surface area contributed by atoms with Crippen LogP contribution in [0.3, 0.4) is 0 Å². The zero-order chi connectivity index (χ0) is 11.8. The van der Waals surface area contributed by atoms with Crippen LogP contribution in [-0.2, 0) is 4.79 Å². The third-order valence-corrected chi connectivity index (χ3v) is 5.49. The molecule has 17 heavy (non-hydrogen) atoms. The quantitative estimate of drug-likeness (QED) is 0.749. The Kier molecular flexibility index (Phi) is 3.25. The van der Waals surface area contributed by atoms with Gasteiger partial charge in [-0.2, -0.15) is 0 Å². The number of Topliss-reactive ketones (excluding diaryl/α,β-unsaturated/α-hetero) is 1. The molecule has 3 aliphatic carbocycles. The average molecular weight is 235 g/mol. The second-order valence-corrected chi connectivity index (χ2v) is 6.51. The lowest BCUT2D eigenvalue weighted by atomic mass is 9.86. The van der Waals surface area contributed by atoms with Crippen molar-refractivity contribution in [1.29, 1.82) is 0 Å². The predicted molar refractivity (Wildman–Crippen MR) is 68.8 cm³/mol. The monoisotopic (exact) mass is 235 g/mol. The highest BCUT2D eigenvalue weighted by Gasteiger charge is 2.46. The minimum Gasteiger partial charge on any atom is -0.303 e. The van der Waals surface area contributed by atoms with E-state index in [1.54, 1.807) is 0 Å². The van der Waals surface area contributed by atoms with Crippen LogP contribution in [0.2, 0.25) is 0 Å². The van der Waals surface area contributed by atoms with Gasteiger partial charge in [0.1, 0.15) is 5.78 Å². The maximum atomic E-state index is 12.2. The fourth-order valence-corrected chi connectivity index (χ4v) is 4.40. The molecule has 2 bridgehead atoms. The summed E-state index contributed by atoms with van der Waals surface area (Å²) in [5, 5.41) is 0. The largest absolute Gasteiger partial charge is 0.303 e. The molecule has 0 heterocycles. The van der Waals surface area contributed by atoms with Gasteiger partial charge in [0.05, 0.1) is 0 Å². The van der Waals surface area contributed by atoms with E-state index in [-0.39, 0.29) is 0 Å². The highest BCUT2D eigenvalue weighted by atomic mass is 16.1. The number of fused-ring (bicyclic) bond motifs is 2. The molecule has 3 fully saturated rings. The maximum Gasteiger partial charge on any atom is 0.140 e. The van der Waals surface area contributed by atoms with Crippen LogP contribution in [0.25, 0.3) is 0 Å². The van der Waals surface area contributed by atoms with E-state index in [1.165, 1.54) is 51.4 Å². The maximum absolute atomic E-state index is 12.2. The first-order valence-electron chi connectivity index (χ1n) is 7.49. The molecule has 0 spiro atoms. The van der Waals surface area contributed by atoms with Crippen molar-refractivity contribution in [3.8, 4) is 0 Å². The second kappa shape index (κ2) is 4.72. The van der Waals surface area contributed by atoms with Gasteiger partial charge in [0.2, 0.25) is 0 Å². The van der Waals surface area contributed by atoms with Crippen LogP contribution in [0.1, 0.15) is 51.4 Å². The third-order valence-electron chi connectivity index (χ3n) is 5.49. The molecule has 2 nitrogen and oxygen atoms in total. The van der Waals surface area contributed by atoms with Gasteiger partial charge in [0, 0.05) is 24.4 Å². The standard InChI is InChI=1S/C15H25NO/c1-16(13-5-3-2-4-6-13)10-14-11-7-8-12(9-11)15(14)17/h11-14H,2-10H2,1H3/t11?,12-,14+/m1/s1. The van der Waals surface area contributed by atoms with Crippen LogP contribution in [0.4, 0.5) is 0 Å². The van der Waals surface area contributed by atoms with Crippen molar-refractivity contribution in [2.24, 2.45) is 17.8 Å². The molecule has 2 heteroatoms. The average Bonchev–Trinajstić information content (AvgIpc) is 2.94. The number of carbonyl (C=O) groups excluding carboxylic acids is 1. The second-order valence-electron chi connectivity index (χ2n) is 6.51. The molecule has 96 valence electrons. The summed E-state index contributed by atoms with van der Waals surface area (Å²) >= 11 is 0. The summed E-state index contributed by atoms with van der Waals surface area (Å²) in [4.78, 5) is 14.7. The Morgan fingerprint density at radius 2 is 1.88 bits per heavy atom. The van der Waals surface area contributed by atoms with Crippen molar-refractivity contribution in [3.63, 3.8) is 0 Å². The molecule has 3 aliphatic rings. The summed E-state index contributed by atoms with van der Waals surface area (Å²) in [5.41, 5.74) is 0. The summed E-state index contributed by atoms with van der Waals surface area (Å²) < 4.78 is 0. The molecule has 0 aromatic carbocycles. The van der Waals surface area contributed by atoms with Gasteiger partial charge in [0.25, 0.3) is 0 Å².